The second kappa shape index (κ2) is 4.96. The Kier molecular flexibility index (Phi) is 3.17. The van der Waals surface area contributed by atoms with Crippen LogP contribution in [0.3, 0.4) is 0 Å². The zero-order valence-corrected chi connectivity index (χ0v) is 10.2. The van der Waals surface area contributed by atoms with Gasteiger partial charge in [-0.25, -0.2) is 0 Å². The van der Waals surface area contributed by atoms with E-state index in [1.54, 1.807) is 6.26 Å². The van der Waals surface area contributed by atoms with Gasteiger partial charge in [0.2, 0.25) is 5.76 Å². The average molecular weight is 247 g/mol. The fourth-order valence-corrected chi connectivity index (χ4v) is 2.39. The summed E-state index contributed by atoms with van der Waals surface area (Å²) in [5.74, 6) is 1.39. The van der Waals surface area contributed by atoms with E-state index in [4.69, 9.17) is 14.7 Å². The molecule has 0 radical (unpaired) electrons. The highest BCUT2D eigenvalue weighted by molar-refractivity contribution is 5.49. The molecule has 1 fully saturated rings. The van der Waals surface area contributed by atoms with E-state index in [0.29, 0.717) is 11.5 Å². The van der Waals surface area contributed by atoms with Gasteiger partial charge in [-0.15, -0.1) is 0 Å². The standard InChI is InChI=1S/C13H17N3O2/c14-10-3-1-5-16(8-10)9-11-7-13(18-15-11)12-4-2-6-17-12/h2,4,6-7,10H,1,3,5,8-9,14H2/t10-/m1/s1. The lowest BCUT2D eigenvalue weighted by Gasteiger charge is -2.29. The van der Waals surface area contributed by atoms with Crippen LogP contribution in [0.4, 0.5) is 0 Å². The number of likely N-dealkylation sites (tertiary alicyclic amines) is 1. The minimum atomic E-state index is 0.287. The molecule has 1 atom stereocenters. The van der Waals surface area contributed by atoms with Crippen LogP contribution in [0.2, 0.25) is 0 Å². The molecule has 0 aliphatic carbocycles. The van der Waals surface area contributed by atoms with Gasteiger partial charge >= 0.3 is 0 Å². The van der Waals surface area contributed by atoms with E-state index in [1.165, 1.54) is 0 Å². The topological polar surface area (TPSA) is 68.4 Å². The first-order chi connectivity index (χ1) is 8.81. The van der Waals surface area contributed by atoms with Gasteiger partial charge < -0.3 is 14.7 Å². The van der Waals surface area contributed by atoms with E-state index in [2.05, 4.69) is 10.1 Å². The van der Waals surface area contributed by atoms with Crippen molar-refractivity contribution < 1.29 is 8.94 Å². The molecule has 2 N–H and O–H groups in total. The molecule has 3 heterocycles. The summed E-state index contributed by atoms with van der Waals surface area (Å²) in [5.41, 5.74) is 6.89. The molecule has 0 aromatic carbocycles. The Morgan fingerprint density at radius 1 is 1.44 bits per heavy atom. The van der Waals surface area contributed by atoms with Crippen LogP contribution in [0.15, 0.2) is 33.4 Å². The Hall–Kier alpha value is -1.59. The van der Waals surface area contributed by atoms with E-state index < -0.39 is 0 Å². The summed E-state index contributed by atoms with van der Waals surface area (Å²) in [7, 11) is 0. The largest absolute Gasteiger partial charge is 0.461 e. The van der Waals surface area contributed by atoms with Crippen molar-refractivity contribution in [2.24, 2.45) is 5.73 Å². The van der Waals surface area contributed by atoms with Crippen LogP contribution in [-0.2, 0) is 6.54 Å². The van der Waals surface area contributed by atoms with Crippen LogP contribution in [0, 0.1) is 0 Å². The predicted octanol–water partition coefficient (Wildman–Crippen LogP) is 1.86. The van der Waals surface area contributed by atoms with Crippen molar-refractivity contribution in [2.75, 3.05) is 13.1 Å². The highest BCUT2D eigenvalue weighted by Crippen LogP contribution is 2.21. The van der Waals surface area contributed by atoms with Crippen molar-refractivity contribution in [3.8, 4) is 11.5 Å². The maximum absolute atomic E-state index is 5.96. The Labute approximate surface area is 106 Å². The summed E-state index contributed by atoms with van der Waals surface area (Å²) in [4.78, 5) is 2.32. The number of furan rings is 1. The van der Waals surface area contributed by atoms with Gasteiger partial charge in [0, 0.05) is 25.2 Å². The predicted molar refractivity (Wildman–Crippen MR) is 66.7 cm³/mol. The third-order valence-electron chi connectivity index (χ3n) is 3.25. The molecule has 5 nitrogen and oxygen atoms in total. The lowest BCUT2D eigenvalue weighted by Crippen LogP contribution is -2.42. The van der Waals surface area contributed by atoms with Gasteiger partial charge in [-0.3, -0.25) is 4.90 Å². The highest BCUT2D eigenvalue weighted by atomic mass is 16.5. The first-order valence-electron chi connectivity index (χ1n) is 6.28. The molecule has 3 rings (SSSR count). The quantitative estimate of drug-likeness (QED) is 0.896. The van der Waals surface area contributed by atoms with E-state index in [1.807, 2.05) is 18.2 Å². The maximum Gasteiger partial charge on any atom is 0.202 e. The molecule has 2 aromatic heterocycles. The Bertz CT molecular complexity index is 492. The number of aromatic nitrogens is 1. The molecule has 0 spiro atoms. The number of piperidine rings is 1. The van der Waals surface area contributed by atoms with Crippen molar-refractivity contribution in [3.05, 3.63) is 30.2 Å². The van der Waals surface area contributed by atoms with Gasteiger partial charge in [-0.1, -0.05) is 5.16 Å². The highest BCUT2D eigenvalue weighted by Gasteiger charge is 2.18. The SMILES string of the molecule is N[C@@H]1CCCN(Cc2cc(-c3ccco3)on2)C1. The first-order valence-corrected chi connectivity index (χ1v) is 6.28. The Balaban J connectivity index is 1.66. The summed E-state index contributed by atoms with van der Waals surface area (Å²) in [6.45, 7) is 2.80. The molecule has 1 saturated heterocycles. The molecule has 2 aromatic rings. The van der Waals surface area contributed by atoms with Crippen LogP contribution >= 0.6 is 0 Å². The normalized spacial score (nSPS) is 21.3. The van der Waals surface area contributed by atoms with Crippen molar-refractivity contribution >= 4 is 0 Å². The zero-order chi connectivity index (χ0) is 12.4. The molecule has 1 aliphatic rings. The molecule has 1 aliphatic heterocycles. The smallest absolute Gasteiger partial charge is 0.202 e. The van der Waals surface area contributed by atoms with E-state index in [-0.39, 0.29) is 6.04 Å². The van der Waals surface area contributed by atoms with Crippen LogP contribution in [0.25, 0.3) is 11.5 Å². The second-order valence-electron chi connectivity index (χ2n) is 4.80. The lowest BCUT2D eigenvalue weighted by molar-refractivity contribution is 0.196. The summed E-state index contributed by atoms with van der Waals surface area (Å²) < 4.78 is 10.5. The van der Waals surface area contributed by atoms with Gasteiger partial charge in [-0.2, -0.15) is 0 Å². The fourth-order valence-electron chi connectivity index (χ4n) is 2.39. The van der Waals surface area contributed by atoms with Gasteiger partial charge in [0.15, 0.2) is 5.76 Å². The van der Waals surface area contributed by atoms with Gasteiger partial charge in [0.05, 0.1) is 12.0 Å². The maximum atomic E-state index is 5.96. The minimum absolute atomic E-state index is 0.287. The van der Waals surface area contributed by atoms with Crippen LogP contribution < -0.4 is 5.73 Å². The van der Waals surface area contributed by atoms with Crippen molar-refractivity contribution in [1.29, 1.82) is 0 Å². The molecule has 5 heteroatoms. The summed E-state index contributed by atoms with van der Waals surface area (Å²) >= 11 is 0. The number of hydrogen-bond donors (Lipinski definition) is 1. The first kappa shape index (κ1) is 11.5. The van der Waals surface area contributed by atoms with Crippen molar-refractivity contribution in [2.45, 2.75) is 25.4 Å². The molecule has 0 bridgehead atoms. The fraction of sp³-hybridized carbons (Fsp3) is 0.462. The van der Waals surface area contributed by atoms with Crippen molar-refractivity contribution in [3.63, 3.8) is 0 Å². The molecule has 0 saturated carbocycles. The number of hydrogen-bond acceptors (Lipinski definition) is 5. The minimum Gasteiger partial charge on any atom is -0.461 e. The summed E-state index contributed by atoms with van der Waals surface area (Å²) in [6, 6.07) is 5.91. The van der Waals surface area contributed by atoms with E-state index >= 15 is 0 Å². The number of rotatable bonds is 3. The van der Waals surface area contributed by atoms with E-state index in [9.17, 15) is 0 Å². The summed E-state index contributed by atoms with van der Waals surface area (Å²) in [6.07, 6.45) is 3.90. The van der Waals surface area contributed by atoms with Gasteiger partial charge in [-0.05, 0) is 31.5 Å². The molecule has 0 amide bonds. The van der Waals surface area contributed by atoms with E-state index in [0.717, 1.165) is 38.2 Å². The second-order valence-corrected chi connectivity index (χ2v) is 4.80. The third-order valence-corrected chi connectivity index (χ3v) is 3.25. The molecular weight excluding hydrogens is 230 g/mol. The zero-order valence-electron chi connectivity index (χ0n) is 10.2. The molecule has 0 unspecified atom stereocenters. The van der Waals surface area contributed by atoms with Gasteiger partial charge in [0.1, 0.15) is 0 Å². The van der Waals surface area contributed by atoms with Gasteiger partial charge in [0.25, 0.3) is 0 Å². The van der Waals surface area contributed by atoms with Crippen molar-refractivity contribution in [1.82, 2.24) is 10.1 Å². The molecule has 18 heavy (non-hydrogen) atoms. The lowest BCUT2D eigenvalue weighted by atomic mass is 10.1. The number of nitrogens with zero attached hydrogens (tertiary/aromatic N) is 2. The van der Waals surface area contributed by atoms with Crippen LogP contribution in [0.5, 0.6) is 0 Å². The molecule has 96 valence electrons. The Morgan fingerprint density at radius 3 is 3.17 bits per heavy atom. The Morgan fingerprint density at radius 2 is 2.39 bits per heavy atom. The van der Waals surface area contributed by atoms with Crippen LogP contribution in [-0.4, -0.2) is 29.2 Å². The average Bonchev–Trinajstić information content (AvgIpc) is 2.98. The summed E-state index contributed by atoms with van der Waals surface area (Å²) in [5, 5.41) is 4.07. The molecular formula is C13H17N3O2. The third kappa shape index (κ3) is 2.47. The van der Waals surface area contributed by atoms with Crippen LogP contribution in [0.1, 0.15) is 18.5 Å². The monoisotopic (exact) mass is 247 g/mol. The number of nitrogens with two attached hydrogens (primary N) is 1.